The second kappa shape index (κ2) is 46.0. The van der Waals surface area contributed by atoms with Gasteiger partial charge in [-0.3, -0.25) is 81.5 Å². The van der Waals surface area contributed by atoms with E-state index in [9.17, 15) is 44.1 Å². The van der Waals surface area contributed by atoms with Crippen LogP contribution in [-0.2, 0) is 109 Å². The number of nitriles is 2. The molecule has 738 valence electrons. The van der Waals surface area contributed by atoms with Crippen LogP contribution >= 0.6 is 71.9 Å². The summed E-state index contributed by atoms with van der Waals surface area (Å²) >= 11 is 26.0. The Morgan fingerprint density at radius 2 is 0.950 bits per heavy atom. The Morgan fingerprint density at radius 1 is 0.529 bits per heavy atom. The maximum absolute atomic E-state index is 16.8. The zero-order chi connectivity index (χ0) is 98.1. The van der Waals surface area contributed by atoms with E-state index in [0.29, 0.717) is 11.1 Å². The van der Waals surface area contributed by atoms with E-state index < -0.39 is 198 Å². The monoisotopic (exact) mass is 2140 g/mol. The minimum absolute atomic E-state index is 0. The third kappa shape index (κ3) is 23.8. The summed E-state index contributed by atoms with van der Waals surface area (Å²) in [6.45, 7) is -4.44. The van der Waals surface area contributed by atoms with E-state index >= 15 is 17.6 Å². The number of thiol groups is 2. The van der Waals surface area contributed by atoms with Gasteiger partial charge in [0.05, 0.1) is 95.3 Å². The molecule has 20 atom stereocenters. The van der Waals surface area contributed by atoms with Gasteiger partial charge in [0.1, 0.15) is 61.5 Å². The number of imidazole rings is 4. The fraction of sp³-hybridized carbons (Fsp3) is 0.375. The molecule has 16 heterocycles. The highest BCUT2D eigenvalue weighted by Gasteiger charge is 2.57. The van der Waals surface area contributed by atoms with E-state index in [0.717, 1.165) is 22.7 Å². The van der Waals surface area contributed by atoms with Crippen LogP contribution in [-0.4, -0.2) is 215 Å². The Morgan fingerprint density at radius 3 is 1.40 bits per heavy atom. The number of rotatable bonds is 18. The molecule has 0 saturated carbocycles. The molecule has 0 aliphatic carbocycles. The van der Waals surface area contributed by atoms with Gasteiger partial charge >= 0.3 is 13.4 Å². The molecule has 6 aliphatic rings. The number of H-pyrrole nitrogens is 3. The summed E-state index contributed by atoms with van der Waals surface area (Å²) in [6.07, 6.45) is -14.9. The summed E-state index contributed by atoms with van der Waals surface area (Å²) in [4.78, 5) is 138. The number of fused-ring (bicyclic) bond motifs is 11. The van der Waals surface area contributed by atoms with Crippen molar-refractivity contribution in [3.8, 4) is 12.1 Å². The van der Waals surface area contributed by atoms with Crippen LogP contribution in [0.3, 0.4) is 0 Å². The number of alkyl halides is 4. The number of benzene rings is 3. The van der Waals surface area contributed by atoms with Crippen molar-refractivity contribution in [3.63, 3.8) is 0 Å². The van der Waals surface area contributed by atoms with E-state index in [4.69, 9.17) is 99.6 Å². The summed E-state index contributed by atoms with van der Waals surface area (Å²) in [6, 6.07) is 34.2. The van der Waals surface area contributed by atoms with Crippen molar-refractivity contribution in [1.29, 1.82) is 10.5 Å². The first-order valence-electron chi connectivity index (χ1n) is 41.9. The Kier molecular flexibility index (Phi) is 34.2. The first-order valence-corrected chi connectivity index (χ1v) is 55.3. The first-order chi connectivity index (χ1) is 66.9. The van der Waals surface area contributed by atoms with Crippen LogP contribution in [0.2, 0.25) is 0 Å². The number of aromatic nitrogens is 17. The van der Waals surface area contributed by atoms with E-state index in [1.165, 1.54) is 53.9 Å². The molecule has 19 rings (SSSR count). The molecule has 60 heteroatoms. The molecule has 4 bridgehead atoms. The van der Waals surface area contributed by atoms with Crippen molar-refractivity contribution >= 4 is 209 Å². The average Bonchev–Trinajstić information content (AvgIpc) is 1.62. The predicted molar refractivity (Wildman–Crippen MR) is 515 cm³/mol. The Bertz CT molecular complexity index is 7060. The topological polar surface area (TPSA) is 574 Å². The van der Waals surface area contributed by atoms with Gasteiger partial charge in [0, 0.05) is 39.8 Å². The van der Waals surface area contributed by atoms with Gasteiger partial charge in [0.2, 0.25) is 37.0 Å². The van der Waals surface area contributed by atoms with Crippen LogP contribution in [0.5, 0.6) is 0 Å². The number of hydrogen-bond donors (Lipinski definition) is 9. The van der Waals surface area contributed by atoms with E-state index in [1.54, 1.807) is 98.7 Å². The lowest BCUT2D eigenvalue weighted by Gasteiger charge is -2.30. The molecule has 6 aliphatic heterocycles. The molecule has 10 N–H and O–H groups in total. The number of nitrogens with zero attached hydrogens (tertiary/aromatic N) is 16. The Labute approximate surface area is 823 Å². The number of aromatic amines is 3. The predicted octanol–water partition coefficient (Wildman–Crippen LogP) is 11.8. The summed E-state index contributed by atoms with van der Waals surface area (Å²) in [5.41, 5.74) is -4.53. The summed E-state index contributed by atoms with van der Waals surface area (Å²) in [5.74, 6) is -2.99. The van der Waals surface area contributed by atoms with Crippen molar-refractivity contribution in [3.05, 3.63) is 195 Å². The smallest absolute Gasteiger partial charge is 0.327 e. The SMILES string of the molecule is CC(C)C(=O)Nc1nc2c(ncn2C2O[C@@H]3COP(=S)(S)O[C@H]4[C@H](F)[C@H](n5cnc6c(NC(=O)c7ccccc7)ncnc65)O[C@@H]4COP(=S)(OCCC#N)O[C@@H]2[C@@H]3F)c(=O)[nH]1.CC(C)C(=O)Nc1nc2c(ncn2[C@@H]2O[C@@H]3COP(S)O[C@H]4[C@H](F)[C@H](n5cnc6c(NC(=O)c7ccccc7)ncnc65)O[C@@H]4COP(=S)(OCCC#N)O[C@@H]2[C@@H]3F)c(=O)[nH]1.N.O=c1ssc2ccccc12.c1cc[nH+]cc1. The van der Waals surface area contributed by atoms with Crippen LogP contribution in [0.4, 0.5) is 41.1 Å². The molecule has 45 nitrogen and oxygen atoms in total. The number of nitrogens with one attached hydrogen (secondary N) is 7. The van der Waals surface area contributed by atoms with Crippen molar-refractivity contribution < 1.29 is 106 Å². The number of halogens is 4. The quantitative estimate of drug-likeness (QED) is 0.0127. The number of carbonyl (C=O) groups is 4. The van der Waals surface area contributed by atoms with Gasteiger partial charge in [-0.1, -0.05) is 117 Å². The van der Waals surface area contributed by atoms with Crippen molar-refractivity contribution in [2.24, 2.45) is 11.8 Å². The zero-order valence-electron chi connectivity index (χ0n) is 73.2. The minimum atomic E-state index is -4.14. The molecule has 10 aromatic heterocycles. The molecule has 6 saturated heterocycles. The van der Waals surface area contributed by atoms with E-state index in [-0.39, 0.29) is 105 Å². The van der Waals surface area contributed by atoms with Crippen LogP contribution in [0, 0.1) is 34.5 Å². The number of amides is 4. The van der Waals surface area contributed by atoms with Gasteiger partial charge in [-0.25, -0.2) is 62.4 Å². The molecule has 0 radical (unpaired) electrons. The van der Waals surface area contributed by atoms with E-state index in [1.807, 2.05) is 67.0 Å². The van der Waals surface area contributed by atoms with Gasteiger partial charge in [-0.15, -0.1) is 0 Å². The Hall–Kier alpha value is -10.2. The van der Waals surface area contributed by atoms with E-state index in [2.05, 4.69) is 111 Å². The van der Waals surface area contributed by atoms with Crippen LogP contribution < -0.4 is 48.3 Å². The fourth-order valence-electron chi connectivity index (χ4n) is 14.4. The maximum Gasteiger partial charge on any atom is 0.327 e. The first kappa shape index (κ1) is 104. The molecule has 3 aromatic carbocycles. The number of hydrogen-bond acceptors (Lipinski definition) is 40. The van der Waals surface area contributed by atoms with Gasteiger partial charge in [-0.05, 0) is 82.2 Å². The van der Waals surface area contributed by atoms with Gasteiger partial charge < -0.3 is 71.9 Å². The van der Waals surface area contributed by atoms with Gasteiger partial charge in [-0.2, -0.15) is 20.5 Å². The van der Waals surface area contributed by atoms with Gasteiger partial charge in [0.25, 0.3) is 27.7 Å². The second-order valence-electron chi connectivity index (χ2n) is 31.1. The van der Waals surface area contributed by atoms with Gasteiger partial charge in [0.15, 0.2) is 118 Å². The number of carbonyl (C=O) groups excluding carboxylic acids is 4. The standard InChI is InChI=1S/C34H35F2N11O10P2S3.C34H35F2N11O10P2S2.C7H4OS2.C5H5N.H3N/c1-16(2)29(48)44-34-43-28-23(31(50)45-34)41-15-47(28)33-25-20(35)18(54-33)11-53-59(61,62)57-24-19(12-52-58(60,56-25)51-10-6-9-37)55-32(21(24)36)46-14-40-22-26(38-13-39-27(22)46)42-30(49)17-7-4-3-5-8-17;1-16(2)29(48)44-34-43-28-23(31(50)45-34)41-15-47(28)33-25-20(35)18(54-33)11-51-58(60)56-24-19(12-53-59(61,57-25)52-10-6-9-37)55-32(21(24)36)46-14-40-22-26(38-13-39-27(22)46)42-30(49)17-7-4-3-5-8-17;8-7-5-3-1-2-4-6(5)9-10-7;1-2-4-6-5-3-1;/h3-5,7-8,13-16,18-21,24-25,32-33H,6,10-12H2,1-2H3,(H,61,62)(H,38,39,42,49)(H2,43,44,45,48,50);3-5,7-8,13-16,18-21,24-25,32-33,60H,6,10-12H2,1-2H3,(H,38,39,42,49)(H2,43,44,45,48,50);1-4H;1-5H;1H3/p+1/t18-,19-,20-,21+,24-,25-,32-,33?,58?;18-,19-,20-,21+,24-,25-,32-,33-,58?,59?;;;/m11.../s1. The third-order valence-corrected chi connectivity index (χ3v) is 31.7. The second-order valence-corrected chi connectivity index (χ2v) is 46.3. The third-order valence-electron chi connectivity index (χ3n) is 21.2. The van der Waals surface area contributed by atoms with Crippen LogP contribution in [0.25, 0.3) is 54.7 Å². The minimum Gasteiger partial charge on any atom is -0.346 e. The average molecular weight is 2140 g/mol. The lowest BCUT2D eigenvalue weighted by atomic mass is 10.1. The molecule has 4 amide bonds. The largest absolute Gasteiger partial charge is 0.346 e. The number of ether oxygens (including phenoxy) is 4. The number of pyridine rings is 1. The maximum atomic E-state index is 16.8. The van der Waals surface area contributed by atoms with Crippen LogP contribution in [0.15, 0.2) is 168 Å². The zero-order valence-corrected chi connectivity index (χ0v) is 82.6. The highest BCUT2D eigenvalue weighted by Crippen LogP contribution is 2.62. The van der Waals surface area contributed by atoms with Crippen molar-refractivity contribution in [1.82, 2.24) is 84.2 Å². The molecular formula is C80H83F4N24O21P4S7+. The lowest BCUT2D eigenvalue weighted by molar-refractivity contribution is -0.378. The summed E-state index contributed by atoms with van der Waals surface area (Å²) in [7, 11) is 0.600. The Balaban J connectivity index is 0.000000180. The molecule has 6 fully saturated rings. The normalized spacial score (nSPS) is 27.3. The highest BCUT2D eigenvalue weighted by molar-refractivity contribution is 8.60. The fourth-order valence-corrected chi connectivity index (χ4v) is 23.9. The summed E-state index contributed by atoms with van der Waals surface area (Å²) < 4.78 is 158. The molecule has 0 spiro atoms. The van der Waals surface area contributed by atoms with Crippen molar-refractivity contribution in [2.45, 2.75) is 139 Å². The highest BCUT2D eigenvalue weighted by atomic mass is 32.9. The molecule has 140 heavy (non-hydrogen) atoms. The summed E-state index contributed by atoms with van der Waals surface area (Å²) in [5, 5.41) is 29.8. The molecular weight excluding hydrogens is 2060 g/mol. The number of anilines is 4. The molecule has 13 aromatic rings. The van der Waals surface area contributed by atoms with Crippen molar-refractivity contribution in [2.75, 3.05) is 60.9 Å². The molecule has 5 unspecified atom stereocenters. The van der Waals surface area contributed by atoms with Crippen LogP contribution in [0.1, 0.15) is 86.2 Å². The lowest BCUT2D eigenvalue weighted by Crippen LogP contribution is -2.34.